The first-order valence-electron chi connectivity index (χ1n) is 14.4. The van der Waals surface area contributed by atoms with Crippen LogP contribution in [0.1, 0.15) is 161 Å². The van der Waals surface area contributed by atoms with Gasteiger partial charge in [0.2, 0.25) is 0 Å². The Labute approximate surface area is 198 Å². The van der Waals surface area contributed by atoms with E-state index < -0.39 is 0 Å². The lowest BCUT2D eigenvalue weighted by Gasteiger charge is -2.04. The monoisotopic (exact) mass is 430 g/mol. The molecule has 0 atom stereocenters. The summed E-state index contributed by atoms with van der Waals surface area (Å²) in [5, 5.41) is 0. The van der Waals surface area contributed by atoms with Crippen molar-refractivity contribution in [2.75, 3.05) is 0 Å². The fourth-order valence-corrected chi connectivity index (χ4v) is 4.37. The maximum atomic E-state index is 3.67. The SMILES string of the molecule is C=CC=CC=CCCCCCCCCCCCCCCCCCCCCCCCCC. The molecule has 0 nitrogen and oxygen atoms in total. The van der Waals surface area contributed by atoms with E-state index in [4.69, 9.17) is 0 Å². The van der Waals surface area contributed by atoms with Gasteiger partial charge in [-0.15, -0.1) is 0 Å². The summed E-state index contributed by atoms with van der Waals surface area (Å²) in [5.74, 6) is 0. The smallest absolute Gasteiger partial charge is 0.0348 e. The molecule has 0 aliphatic heterocycles. The van der Waals surface area contributed by atoms with E-state index in [1.54, 1.807) is 0 Å². The third-order valence-corrected chi connectivity index (χ3v) is 6.47. The van der Waals surface area contributed by atoms with Crippen molar-refractivity contribution in [1.29, 1.82) is 0 Å². The summed E-state index contributed by atoms with van der Waals surface area (Å²) in [6.45, 7) is 5.98. The van der Waals surface area contributed by atoms with Gasteiger partial charge in [0.1, 0.15) is 0 Å². The molecule has 0 aliphatic rings. The van der Waals surface area contributed by atoms with Crippen LogP contribution in [-0.4, -0.2) is 0 Å². The molecule has 0 fully saturated rings. The molecule has 0 amide bonds. The van der Waals surface area contributed by atoms with Gasteiger partial charge >= 0.3 is 0 Å². The van der Waals surface area contributed by atoms with Gasteiger partial charge in [0.25, 0.3) is 0 Å². The van der Waals surface area contributed by atoms with Crippen LogP contribution in [0, 0.1) is 0 Å². The largest absolute Gasteiger partial charge is 0.0991 e. The third-order valence-electron chi connectivity index (χ3n) is 6.47. The predicted octanol–water partition coefficient (Wildman–Crippen LogP) is 11.7. The van der Waals surface area contributed by atoms with Gasteiger partial charge in [-0.25, -0.2) is 0 Å². The molecule has 0 heteroatoms. The van der Waals surface area contributed by atoms with Crippen molar-refractivity contribution in [3.8, 4) is 0 Å². The van der Waals surface area contributed by atoms with Crippen molar-refractivity contribution in [2.24, 2.45) is 0 Å². The summed E-state index contributed by atoms with van der Waals surface area (Å²) in [6.07, 6.45) is 45.0. The molecule has 0 spiro atoms. The van der Waals surface area contributed by atoms with Crippen molar-refractivity contribution >= 4 is 0 Å². The second-order valence-electron chi connectivity index (χ2n) is 9.62. The molecule has 0 aromatic carbocycles. The minimum Gasteiger partial charge on any atom is -0.0991 e. The minimum absolute atomic E-state index is 1.22. The maximum absolute atomic E-state index is 3.67. The molecule has 0 rings (SSSR count). The van der Waals surface area contributed by atoms with Crippen molar-refractivity contribution in [3.05, 3.63) is 37.0 Å². The summed E-state index contributed by atoms with van der Waals surface area (Å²) in [4.78, 5) is 0. The minimum atomic E-state index is 1.22. The fourth-order valence-electron chi connectivity index (χ4n) is 4.37. The van der Waals surface area contributed by atoms with Crippen LogP contribution in [0.25, 0.3) is 0 Å². The highest BCUT2D eigenvalue weighted by molar-refractivity contribution is 5.08. The van der Waals surface area contributed by atoms with Gasteiger partial charge in [0.05, 0.1) is 0 Å². The van der Waals surface area contributed by atoms with Crippen LogP contribution in [0.5, 0.6) is 0 Å². The highest BCUT2D eigenvalue weighted by Gasteiger charge is 1.95. The van der Waals surface area contributed by atoms with Gasteiger partial charge in [-0.1, -0.05) is 185 Å². The predicted molar refractivity (Wildman–Crippen MR) is 145 cm³/mol. The van der Waals surface area contributed by atoms with Crippen LogP contribution in [0.2, 0.25) is 0 Å². The molecule has 0 radical (unpaired) electrons. The summed E-state index contributed by atoms with van der Waals surface area (Å²) < 4.78 is 0. The molecule has 182 valence electrons. The first-order valence-corrected chi connectivity index (χ1v) is 14.4. The van der Waals surface area contributed by atoms with Crippen LogP contribution < -0.4 is 0 Å². The number of hydrogen-bond donors (Lipinski definition) is 0. The lowest BCUT2D eigenvalue weighted by atomic mass is 10.0. The second kappa shape index (κ2) is 29.2. The Bertz CT molecular complexity index is 375. The van der Waals surface area contributed by atoms with Gasteiger partial charge in [0.15, 0.2) is 0 Å². The molecule has 0 aromatic heterocycles. The van der Waals surface area contributed by atoms with E-state index >= 15 is 0 Å². The summed E-state index contributed by atoms with van der Waals surface area (Å²) in [5.41, 5.74) is 0. The molecule has 0 N–H and O–H groups in total. The average molecular weight is 431 g/mol. The molecule has 0 aliphatic carbocycles. The highest BCUT2D eigenvalue weighted by Crippen LogP contribution is 2.15. The van der Waals surface area contributed by atoms with Crippen molar-refractivity contribution in [3.63, 3.8) is 0 Å². The van der Waals surface area contributed by atoms with Crippen molar-refractivity contribution in [1.82, 2.24) is 0 Å². The fraction of sp³-hybridized carbons (Fsp3) is 0.806. The zero-order chi connectivity index (χ0) is 22.5. The quantitative estimate of drug-likeness (QED) is 0.0945. The maximum Gasteiger partial charge on any atom is -0.0348 e. The Morgan fingerprint density at radius 1 is 0.387 bits per heavy atom. The van der Waals surface area contributed by atoms with Gasteiger partial charge in [-0.2, -0.15) is 0 Å². The molecule has 0 heterocycles. The molecule has 0 saturated heterocycles. The Balaban J connectivity index is 3.04. The Morgan fingerprint density at radius 3 is 1.03 bits per heavy atom. The second-order valence-corrected chi connectivity index (χ2v) is 9.62. The van der Waals surface area contributed by atoms with E-state index in [9.17, 15) is 0 Å². The lowest BCUT2D eigenvalue weighted by Crippen LogP contribution is -1.84. The molecule has 0 unspecified atom stereocenters. The van der Waals surface area contributed by atoms with E-state index in [1.807, 2.05) is 12.2 Å². The number of hydrogen-bond acceptors (Lipinski definition) is 0. The third kappa shape index (κ3) is 29.2. The zero-order valence-electron chi connectivity index (χ0n) is 21.6. The van der Waals surface area contributed by atoms with E-state index in [0.29, 0.717) is 0 Å². The Kier molecular flexibility index (Phi) is 28.5. The van der Waals surface area contributed by atoms with Gasteiger partial charge < -0.3 is 0 Å². The molecule has 0 saturated carbocycles. The van der Waals surface area contributed by atoms with Gasteiger partial charge in [-0.3, -0.25) is 0 Å². The zero-order valence-corrected chi connectivity index (χ0v) is 21.6. The number of unbranched alkanes of at least 4 members (excludes halogenated alkanes) is 23. The van der Waals surface area contributed by atoms with Crippen LogP contribution in [0.4, 0.5) is 0 Å². The van der Waals surface area contributed by atoms with Crippen molar-refractivity contribution in [2.45, 2.75) is 161 Å². The van der Waals surface area contributed by atoms with Crippen LogP contribution in [0.3, 0.4) is 0 Å². The van der Waals surface area contributed by atoms with E-state index in [-0.39, 0.29) is 0 Å². The Morgan fingerprint density at radius 2 is 0.710 bits per heavy atom. The van der Waals surface area contributed by atoms with Gasteiger partial charge in [0, 0.05) is 0 Å². The number of allylic oxidation sites excluding steroid dienone is 5. The topological polar surface area (TPSA) is 0 Å². The lowest BCUT2D eigenvalue weighted by molar-refractivity contribution is 0.518. The van der Waals surface area contributed by atoms with E-state index in [2.05, 4.69) is 31.7 Å². The van der Waals surface area contributed by atoms with E-state index in [1.165, 1.54) is 154 Å². The standard InChI is InChI=1S/C31H58/c1-3-5-7-9-11-13-15-17-19-21-23-25-27-29-31-30-28-26-24-22-20-18-16-14-12-10-8-6-4-2/h3,5,7,9,11H,1,4,6,8,10,12-31H2,2H3. The van der Waals surface area contributed by atoms with Crippen LogP contribution >= 0.6 is 0 Å². The van der Waals surface area contributed by atoms with Crippen LogP contribution in [0.15, 0.2) is 37.0 Å². The normalized spacial score (nSPS) is 11.8. The molecular formula is C31H58. The average Bonchev–Trinajstić information content (AvgIpc) is 2.78. The first kappa shape index (κ1) is 30.2. The van der Waals surface area contributed by atoms with E-state index in [0.717, 1.165) is 0 Å². The first-order chi connectivity index (χ1) is 15.4. The van der Waals surface area contributed by atoms with Crippen molar-refractivity contribution < 1.29 is 0 Å². The number of rotatable bonds is 26. The molecule has 0 aromatic rings. The summed E-state index contributed by atoms with van der Waals surface area (Å²) in [6, 6.07) is 0. The molecule has 31 heavy (non-hydrogen) atoms. The van der Waals surface area contributed by atoms with Crippen LogP contribution in [-0.2, 0) is 0 Å². The summed E-state index contributed by atoms with van der Waals surface area (Å²) in [7, 11) is 0. The van der Waals surface area contributed by atoms with Gasteiger partial charge in [-0.05, 0) is 12.8 Å². The molecular weight excluding hydrogens is 372 g/mol. The molecule has 0 bridgehead atoms. The highest BCUT2D eigenvalue weighted by atomic mass is 14.0. The Hall–Kier alpha value is -0.780. The summed E-state index contributed by atoms with van der Waals surface area (Å²) >= 11 is 0.